The lowest BCUT2D eigenvalue weighted by Gasteiger charge is -2.33. The van der Waals surface area contributed by atoms with Gasteiger partial charge in [-0.2, -0.15) is 4.98 Å². The van der Waals surface area contributed by atoms with Gasteiger partial charge in [0.1, 0.15) is 17.4 Å². The number of fused-ring (bicyclic) bond motifs is 1. The minimum atomic E-state index is -0.108. The maximum absolute atomic E-state index is 12.8. The van der Waals surface area contributed by atoms with Crippen LogP contribution in [0.1, 0.15) is 30.0 Å². The zero-order chi connectivity index (χ0) is 19.8. The summed E-state index contributed by atoms with van der Waals surface area (Å²) in [6.07, 6.45) is 1.78. The molecule has 1 amide bonds. The fourth-order valence-corrected chi connectivity index (χ4v) is 3.85. The number of hydrogen-bond donors (Lipinski definition) is 1. The third-order valence-corrected chi connectivity index (χ3v) is 5.58. The molecule has 28 heavy (non-hydrogen) atoms. The third kappa shape index (κ3) is 3.56. The van der Waals surface area contributed by atoms with Crippen molar-refractivity contribution in [2.75, 3.05) is 23.3 Å². The Bertz CT molecular complexity index is 1030. The van der Waals surface area contributed by atoms with Crippen LogP contribution in [0.25, 0.3) is 11.1 Å². The first-order valence-electron chi connectivity index (χ1n) is 9.48. The van der Waals surface area contributed by atoms with E-state index in [1.807, 2.05) is 32.9 Å². The highest BCUT2D eigenvalue weighted by molar-refractivity contribution is 6.30. The summed E-state index contributed by atoms with van der Waals surface area (Å²) in [4.78, 5) is 24.1. The summed E-state index contributed by atoms with van der Waals surface area (Å²) in [5.74, 6) is 2.30. The Hall–Kier alpha value is -2.60. The molecule has 7 heteroatoms. The van der Waals surface area contributed by atoms with E-state index in [1.54, 1.807) is 12.1 Å². The molecule has 1 aromatic carbocycles. The lowest BCUT2D eigenvalue weighted by Crippen LogP contribution is -2.41. The van der Waals surface area contributed by atoms with E-state index in [4.69, 9.17) is 21.0 Å². The van der Waals surface area contributed by atoms with Crippen molar-refractivity contribution in [3.63, 3.8) is 0 Å². The highest BCUT2D eigenvalue weighted by atomic mass is 35.5. The van der Waals surface area contributed by atoms with Gasteiger partial charge in [0.25, 0.3) is 0 Å². The number of aromatic nitrogens is 2. The highest BCUT2D eigenvalue weighted by Gasteiger charge is 2.29. The topological polar surface area (TPSA) is 71.3 Å². The first-order valence-corrected chi connectivity index (χ1v) is 9.86. The molecule has 3 heterocycles. The zero-order valence-corrected chi connectivity index (χ0v) is 17.0. The van der Waals surface area contributed by atoms with Gasteiger partial charge in [0.05, 0.1) is 11.3 Å². The predicted molar refractivity (Wildman–Crippen MR) is 111 cm³/mol. The van der Waals surface area contributed by atoms with Gasteiger partial charge in [0.2, 0.25) is 11.6 Å². The molecule has 0 bridgehead atoms. The number of carbonyl (C=O) groups excluding carboxylic acids is 1. The number of anilines is 2. The van der Waals surface area contributed by atoms with Crippen LogP contribution in [0.4, 0.5) is 11.5 Å². The standard InChI is InChI=1S/C21H23ClN4O2/c1-12-13(2)28-21-18(12)19(23-14(3)24-21)26-10-4-5-15(11-26)20(27)25-17-8-6-16(22)7-9-17/h6-9,15H,4-5,10-11H2,1-3H3,(H,25,27)/t15-/m0/s1. The largest absolute Gasteiger partial charge is 0.443 e. The van der Waals surface area contributed by atoms with Crippen LogP contribution in [0.5, 0.6) is 0 Å². The average molecular weight is 399 g/mol. The Labute approximate surface area is 168 Å². The van der Waals surface area contributed by atoms with Crippen molar-refractivity contribution < 1.29 is 9.21 Å². The number of rotatable bonds is 3. The number of aryl methyl sites for hydroxylation is 3. The van der Waals surface area contributed by atoms with E-state index in [0.717, 1.165) is 47.6 Å². The number of amides is 1. The van der Waals surface area contributed by atoms with E-state index in [-0.39, 0.29) is 11.8 Å². The number of furan rings is 1. The fourth-order valence-electron chi connectivity index (χ4n) is 3.72. The monoisotopic (exact) mass is 398 g/mol. The van der Waals surface area contributed by atoms with Crippen LogP contribution in [0.2, 0.25) is 5.02 Å². The molecule has 3 aromatic rings. The summed E-state index contributed by atoms with van der Waals surface area (Å²) in [5.41, 5.74) is 2.43. The second kappa shape index (κ2) is 7.43. The van der Waals surface area contributed by atoms with Gasteiger partial charge >= 0.3 is 0 Å². The van der Waals surface area contributed by atoms with Crippen LogP contribution in [0.15, 0.2) is 28.7 Å². The zero-order valence-electron chi connectivity index (χ0n) is 16.3. The minimum Gasteiger partial charge on any atom is -0.443 e. The predicted octanol–water partition coefficient (Wildman–Crippen LogP) is 4.66. The van der Waals surface area contributed by atoms with Gasteiger partial charge in [-0.25, -0.2) is 4.98 Å². The Morgan fingerprint density at radius 2 is 1.96 bits per heavy atom. The van der Waals surface area contributed by atoms with Crippen LogP contribution in [-0.2, 0) is 4.79 Å². The Morgan fingerprint density at radius 3 is 2.71 bits per heavy atom. The number of nitrogens with one attached hydrogen (secondary N) is 1. The number of piperidine rings is 1. The molecule has 1 saturated heterocycles. The number of halogens is 1. The summed E-state index contributed by atoms with van der Waals surface area (Å²) in [5, 5.41) is 4.59. The average Bonchev–Trinajstić information content (AvgIpc) is 2.96. The second-order valence-corrected chi connectivity index (χ2v) is 7.78. The maximum Gasteiger partial charge on any atom is 0.231 e. The van der Waals surface area contributed by atoms with Gasteiger partial charge in [-0.3, -0.25) is 4.79 Å². The number of hydrogen-bond acceptors (Lipinski definition) is 5. The van der Waals surface area contributed by atoms with Gasteiger partial charge in [0.15, 0.2) is 0 Å². The number of carbonyl (C=O) groups is 1. The minimum absolute atomic E-state index is 0.0224. The lowest BCUT2D eigenvalue weighted by atomic mass is 9.96. The highest BCUT2D eigenvalue weighted by Crippen LogP contribution is 2.33. The first-order chi connectivity index (χ1) is 13.4. The molecule has 4 rings (SSSR count). The van der Waals surface area contributed by atoms with Gasteiger partial charge in [0, 0.05) is 29.4 Å². The van der Waals surface area contributed by atoms with Crippen LogP contribution in [0, 0.1) is 26.7 Å². The van der Waals surface area contributed by atoms with Crippen LogP contribution in [0.3, 0.4) is 0 Å². The Morgan fingerprint density at radius 1 is 1.21 bits per heavy atom. The molecule has 0 radical (unpaired) electrons. The lowest BCUT2D eigenvalue weighted by molar-refractivity contribution is -0.120. The molecule has 146 valence electrons. The number of nitrogens with zero attached hydrogens (tertiary/aromatic N) is 3. The molecule has 1 aliphatic heterocycles. The molecule has 0 aliphatic carbocycles. The van der Waals surface area contributed by atoms with Crippen molar-refractivity contribution in [1.82, 2.24) is 9.97 Å². The van der Waals surface area contributed by atoms with E-state index >= 15 is 0 Å². The molecule has 1 aliphatic rings. The summed E-state index contributed by atoms with van der Waals surface area (Å²) in [6.45, 7) is 7.31. The van der Waals surface area contributed by atoms with Crippen molar-refractivity contribution in [1.29, 1.82) is 0 Å². The smallest absolute Gasteiger partial charge is 0.231 e. The SMILES string of the molecule is Cc1nc(N2CCC[C@H](C(=O)Nc3ccc(Cl)cc3)C2)c2c(C)c(C)oc2n1. The summed E-state index contributed by atoms with van der Waals surface area (Å²) >= 11 is 5.92. The number of benzene rings is 1. The molecule has 2 aromatic heterocycles. The summed E-state index contributed by atoms with van der Waals surface area (Å²) in [6, 6.07) is 7.18. The fraction of sp³-hybridized carbons (Fsp3) is 0.381. The van der Waals surface area contributed by atoms with E-state index in [2.05, 4.69) is 15.2 Å². The quantitative estimate of drug-likeness (QED) is 0.694. The second-order valence-electron chi connectivity index (χ2n) is 7.34. The van der Waals surface area contributed by atoms with E-state index in [9.17, 15) is 4.79 Å². The molecule has 1 atom stereocenters. The molecule has 1 N–H and O–H groups in total. The van der Waals surface area contributed by atoms with Crippen molar-refractivity contribution in [3.8, 4) is 0 Å². The van der Waals surface area contributed by atoms with E-state index in [1.165, 1.54) is 0 Å². The van der Waals surface area contributed by atoms with Crippen LogP contribution in [-0.4, -0.2) is 29.0 Å². The van der Waals surface area contributed by atoms with Crippen LogP contribution < -0.4 is 10.2 Å². The van der Waals surface area contributed by atoms with Crippen molar-refractivity contribution in [2.24, 2.45) is 5.92 Å². The van der Waals surface area contributed by atoms with Crippen LogP contribution >= 0.6 is 11.6 Å². The summed E-state index contributed by atoms with van der Waals surface area (Å²) in [7, 11) is 0. The molecule has 0 saturated carbocycles. The normalized spacial score (nSPS) is 17.1. The third-order valence-electron chi connectivity index (χ3n) is 5.32. The molecule has 0 spiro atoms. The van der Waals surface area contributed by atoms with Gasteiger partial charge in [-0.15, -0.1) is 0 Å². The van der Waals surface area contributed by atoms with E-state index < -0.39 is 0 Å². The Kier molecular flexibility index (Phi) is 4.98. The van der Waals surface area contributed by atoms with Gasteiger partial charge in [-0.1, -0.05) is 11.6 Å². The first kappa shape index (κ1) is 18.7. The molecular weight excluding hydrogens is 376 g/mol. The van der Waals surface area contributed by atoms with Crippen molar-refractivity contribution in [3.05, 3.63) is 46.4 Å². The molecule has 0 unspecified atom stereocenters. The molecule has 1 fully saturated rings. The molecule has 6 nitrogen and oxygen atoms in total. The van der Waals surface area contributed by atoms with Gasteiger partial charge in [-0.05, 0) is 57.9 Å². The summed E-state index contributed by atoms with van der Waals surface area (Å²) < 4.78 is 5.81. The van der Waals surface area contributed by atoms with Crippen molar-refractivity contribution >= 4 is 40.1 Å². The maximum atomic E-state index is 12.8. The van der Waals surface area contributed by atoms with E-state index in [0.29, 0.717) is 23.1 Å². The van der Waals surface area contributed by atoms with Crippen molar-refractivity contribution in [2.45, 2.75) is 33.6 Å². The molecular formula is C21H23ClN4O2. The van der Waals surface area contributed by atoms with Gasteiger partial charge < -0.3 is 14.6 Å². The Balaban J connectivity index is 1.58.